The molecule has 0 saturated heterocycles. The van der Waals surface area contributed by atoms with Crippen LogP contribution in [0.1, 0.15) is 81.8 Å². The van der Waals surface area contributed by atoms with Crippen molar-refractivity contribution >= 4 is 29.1 Å². The average molecular weight is 501 g/mol. The van der Waals surface area contributed by atoms with E-state index < -0.39 is 17.6 Å². The molecule has 3 aliphatic rings. The highest BCUT2D eigenvalue weighted by atomic mass is 16.2. The summed E-state index contributed by atoms with van der Waals surface area (Å²) in [4.78, 5) is 44.7. The summed E-state index contributed by atoms with van der Waals surface area (Å²) in [6.45, 7) is 0. The number of fused-ring (bicyclic) bond motifs is 1. The largest absolute Gasteiger partial charge is 0.342 e. The third-order valence-corrected chi connectivity index (χ3v) is 8.04. The van der Waals surface area contributed by atoms with Gasteiger partial charge in [-0.1, -0.05) is 93.5 Å². The van der Waals surface area contributed by atoms with Crippen molar-refractivity contribution in [2.24, 2.45) is 10.9 Å². The number of nitrogens with one attached hydrogen (secondary N) is 3. The highest BCUT2D eigenvalue weighted by molar-refractivity contribution is 6.19. The van der Waals surface area contributed by atoms with Gasteiger partial charge >= 0.3 is 0 Å². The number of amides is 3. The molecular formula is C30H36N4O3. The first-order chi connectivity index (χ1) is 18.0. The molecule has 3 amide bonds. The number of benzodiazepines with no additional fused rings is 1. The van der Waals surface area contributed by atoms with Gasteiger partial charge in [0.25, 0.3) is 5.91 Å². The van der Waals surface area contributed by atoms with Gasteiger partial charge in [0, 0.05) is 17.5 Å². The third-order valence-electron chi connectivity index (χ3n) is 8.04. The smallest absolute Gasteiger partial charge is 0.269 e. The summed E-state index contributed by atoms with van der Waals surface area (Å²) in [5.74, 6) is -0.187. The van der Waals surface area contributed by atoms with E-state index in [1.54, 1.807) is 0 Å². The zero-order valence-electron chi connectivity index (χ0n) is 21.3. The molecule has 2 saturated carbocycles. The Morgan fingerprint density at radius 2 is 1.62 bits per heavy atom. The highest BCUT2D eigenvalue weighted by Gasteiger charge is 2.42. The lowest BCUT2D eigenvalue weighted by Gasteiger charge is -2.37. The van der Waals surface area contributed by atoms with Crippen LogP contribution in [0.25, 0.3) is 0 Å². The maximum absolute atomic E-state index is 13.8. The van der Waals surface area contributed by atoms with E-state index in [-0.39, 0.29) is 11.8 Å². The molecule has 0 radical (unpaired) electrons. The summed E-state index contributed by atoms with van der Waals surface area (Å²) in [6.07, 6.45) is 8.97. The van der Waals surface area contributed by atoms with Crippen LogP contribution in [0.15, 0.2) is 59.6 Å². The molecule has 2 aliphatic carbocycles. The molecule has 3 N–H and O–H groups in total. The van der Waals surface area contributed by atoms with Gasteiger partial charge in [-0.05, 0) is 31.2 Å². The van der Waals surface area contributed by atoms with E-state index in [9.17, 15) is 14.4 Å². The fourth-order valence-corrected chi connectivity index (χ4v) is 5.97. The van der Waals surface area contributed by atoms with E-state index in [0.29, 0.717) is 36.6 Å². The van der Waals surface area contributed by atoms with Gasteiger partial charge in [-0.25, -0.2) is 4.99 Å². The molecular weight excluding hydrogens is 464 g/mol. The van der Waals surface area contributed by atoms with Crippen LogP contribution in [0.2, 0.25) is 0 Å². The molecule has 7 heteroatoms. The topological polar surface area (TPSA) is 99.7 Å². The van der Waals surface area contributed by atoms with Crippen LogP contribution in [0.3, 0.4) is 0 Å². The number of rotatable bonds is 7. The van der Waals surface area contributed by atoms with E-state index in [1.807, 2.05) is 54.6 Å². The Hall–Kier alpha value is -3.48. The van der Waals surface area contributed by atoms with Crippen molar-refractivity contribution in [2.45, 2.75) is 82.3 Å². The molecule has 2 fully saturated rings. The number of anilines is 1. The summed E-state index contributed by atoms with van der Waals surface area (Å²) in [5, 5.41) is 8.94. The first-order valence-corrected chi connectivity index (χ1v) is 13.7. The molecule has 1 heterocycles. The Balaban J connectivity index is 1.37. The average Bonchev–Trinajstić information content (AvgIpc) is 3.40. The van der Waals surface area contributed by atoms with Gasteiger partial charge in [-0.2, -0.15) is 0 Å². The third kappa shape index (κ3) is 5.76. The standard InChI is InChI=1S/C30H36N4O3/c35-25(18-17-21-11-5-6-12-21)34-30(19-9-2-10-20-30)29(37)33-27-28(36)31-24-16-8-7-15-23(24)26(32-27)22-13-3-1-4-14-22/h1,3-4,7-8,13-16,21,27H,2,5-6,9-12,17-20H2,(H,31,36)(H,33,37)(H,34,35). The van der Waals surface area contributed by atoms with Crippen LogP contribution in [0.5, 0.6) is 0 Å². The molecule has 7 nitrogen and oxygen atoms in total. The summed E-state index contributed by atoms with van der Waals surface area (Å²) in [5.41, 5.74) is 1.94. The zero-order valence-corrected chi connectivity index (χ0v) is 21.3. The minimum atomic E-state index is -1.11. The number of nitrogens with zero attached hydrogens (tertiary/aromatic N) is 1. The van der Waals surface area contributed by atoms with E-state index in [4.69, 9.17) is 4.99 Å². The van der Waals surface area contributed by atoms with Crippen LogP contribution in [-0.2, 0) is 14.4 Å². The normalized spacial score (nSPS) is 21.2. The van der Waals surface area contributed by atoms with E-state index in [0.717, 1.165) is 36.8 Å². The molecule has 1 atom stereocenters. The number of para-hydroxylation sites is 1. The van der Waals surface area contributed by atoms with Gasteiger partial charge in [-0.3, -0.25) is 14.4 Å². The van der Waals surface area contributed by atoms with Gasteiger partial charge in [-0.15, -0.1) is 0 Å². The first-order valence-electron chi connectivity index (χ1n) is 13.7. The lowest BCUT2D eigenvalue weighted by Crippen LogP contribution is -2.62. The van der Waals surface area contributed by atoms with Crippen molar-refractivity contribution in [3.05, 3.63) is 65.7 Å². The zero-order chi connectivity index (χ0) is 25.7. The second kappa shape index (κ2) is 11.3. The highest BCUT2D eigenvalue weighted by Crippen LogP contribution is 2.31. The van der Waals surface area contributed by atoms with Crippen molar-refractivity contribution < 1.29 is 14.4 Å². The van der Waals surface area contributed by atoms with Crippen molar-refractivity contribution in [1.82, 2.24) is 10.6 Å². The van der Waals surface area contributed by atoms with Crippen molar-refractivity contribution in [2.75, 3.05) is 5.32 Å². The number of benzene rings is 2. The molecule has 0 bridgehead atoms. The molecule has 5 rings (SSSR count). The second-order valence-corrected chi connectivity index (χ2v) is 10.6. The molecule has 2 aromatic rings. The van der Waals surface area contributed by atoms with Crippen LogP contribution in [-0.4, -0.2) is 35.1 Å². The lowest BCUT2D eigenvalue weighted by molar-refractivity contribution is -0.136. The quantitative estimate of drug-likeness (QED) is 0.513. The number of hydrogen-bond donors (Lipinski definition) is 3. The van der Waals surface area contributed by atoms with Crippen LogP contribution in [0.4, 0.5) is 5.69 Å². The van der Waals surface area contributed by atoms with Crippen molar-refractivity contribution in [3.63, 3.8) is 0 Å². The first kappa shape index (κ1) is 25.2. The minimum absolute atomic E-state index is 0.0739. The van der Waals surface area contributed by atoms with Crippen LogP contribution >= 0.6 is 0 Å². The molecule has 0 aromatic heterocycles. The Labute approximate surface area is 218 Å². The molecule has 0 spiro atoms. The Morgan fingerprint density at radius 1 is 0.919 bits per heavy atom. The van der Waals surface area contributed by atoms with Crippen LogP contribution in [0, 0.1) is 5.92 Å². The van der Waals surface area contributed by atoms with Gasteiger partial charge in [0.1, 0.15) is 5.54 Å². The monoisotopic (exact) mass is 500 g/mol. The van der Waals surface area contributed by atoms with Crippen LogP contribution < -0.4 is 16.0 Å². The second-order valence-electron chi connectivity index (χ2n) is 10.6. The predicted molar refractivity (Wildman–Crippen MR) is 144 cm³/mol. The lowest BCUT2D eigenvalue weighted by atomic mass is 9.80. The molecule has 1 unspecified atom stereocenters. The minimum Gasteiger partial charge on any atom is -0.342 e. The Kier molecular flexibility index (Phi) is 7.68. The Morgan fingerprint density at radius 3 is 2.38 bits per heavy atom. The fraction of sp³-hybridized carbons (Fsp3) is 0.467. The summed E-state index contributed by atoms with van der Waals surface area (Å²) < 4.78 is 0. The summed E-state index contributed by atoms with van der Waals surface area (Å²) in [6, 6.07) is 17.2. The molecule has 2 aromatic carbocycles. The predicted octanol–water partition coefficient (Wildman–Crippen LogP) is 4.71. The molecule has 37 heavy (non-hydrogen) atoms. The molecule has 194 valence electrons. The number of hydrogen-bond acceptors (Lipinski definition) is 4. The van der Waals surface area contributed by atoms with E-state index in [2.05, 4.69) is 16.0 Å². The van der Waals surface area contributed by atoms with E-state index >= 15 is 0 Å². The number of carbonyl (C=O) groups is 3. The van der Waals surface area contributed by atoms with Gasteiger partial charge in [0.15, 0.2) is 0 Å². The van der Waals surface area contributed by atoms with Gasteiger partial charge < -0.3 is 16.0 Å². The maximum Gasteiger partial charge on any atom is 0.269 e. The van der Waals surface area contributed by atoms with E-state index in [1.165, 1.54) is 25.7 Å². The van der Waals surface area contributed by atoms with Gasteiger partial charge in [0.2, 0.25) is 18.0 Å². The number of aliphatic imine (C=N–C) groups is 1. The maximum atomic E-state index is 13.8. The van der Waals surface area contributed by atoms with Gasteiger partial charge in [0.05, 0.1) is 11.4 Å². The summed E-state index contributed by atoms with van der Waals surface area (Å²) >= 11 is 0. The molecule has 1 aliphatic heterocycles. The number of carbonyl (C=O) groups excluding carboxylic acids is 3. The Bertz CT molecular complexity index is 1160. The van der Waals surface area contributed by atoms with Crippen molar-refractivity contribution in [1.29, 1.82) is 0 Å². The fourth-order valence-electron chi connectivity index (χ4n) is 5.97. The van der Waals surface area contributed by atoms with Crippen molar-refractivity contribution in [3.8, 4) is 0 Å². The SMILES string of the molecule is O=C(CCC1CCCC1)NC1(C(=O)NC2N=C(c3ccccc3)c3ccccc3NC2=O)CCCCC1. The summed E-state index contributed by atoms with van der Waals surface area (Å²) in [7, 11) is 0.